The Kier molecular flexibility index (Phi) is 1.83. The van der Waals surface area contributed by atoms with Gasteiger partial charge in [0.2, 0.25) is 5.91 Å². The number of fused-ring (bicyclic) bond motifs is 2. The Hall–Kier alpha value is -1.40. The van der Waals surface area contributed by atoms with Crippen molar-refractivity contribution in [3.63, 3.8) is 0 Å². The largest absolute Gasteiger partial charge is 0.481 e. The molecule has 0 aromatic carbocycles. The van der Waals surface area contributed by atoms with E-state index in [1.54, 1.807) is 11.0 Å². The second-order valence-electron chi connectivity index (χ2n) is 5.25. The van der Waals surface area contributed by atoms with Crippen LogP contribution in [0.4, 0.5) is 0 Å². The van der Waals surface area contributed by atoms with Crippen molar-refractivity contribution in [1.82, 2.24) is 4.90 Å². The number of ether oxygens (including phenoxy) is 2. The summed E-state index contributed by atoms with van der Waals surface area (Å²) in [5, 5.41) is 9.30. The van der Waals surface area contributed by atoms with Gasteiger partial charge in [-0.05, 0) is 12.5 Å². The second-order valence-corrected chi connectivity index (χ2v) is 5.25. The zero-order valence-electron chi connectivity index (χ0n) is 9.61. The van der Waals surface area contributed by atoms with Gasteiger partial charge < -0.3 is 19.5 Å². The van der Waals surface area contributed by atoms with E-state index in [0.717, 1.165) is 6.42 Å². The van der Waals surface area contributed by atoms with Crippen LogP contribution in [0.3, 0.4) is 0 Å². The first-order chi connectivity index (χ1) is 8.65. The first-order valence-electron chi connectivity index (χ1n) is 6.17. The van der Waals surface area contributed by atoms with Crippen molar-refractivity contribution in [2.45, 2.75) is 24.4 Å². The summed E-state index contributed by atoms with van der Waals surface area (Å²) in [6, 6.07) is 0. The smallest absolute Gasteiger partial charge is 0.310 e. The Balaban J connectivity index is 1.82. The molecule has 1 N–H and O–H groups in total. The Labute approximate surface area is 103 Å². The van der Waals surface area contributed by atoms with Crippen LogP contribution in [0.5, 0.6) is 0 Å². The third-order valence-corrected chi connectivity index (χ3v) is 4.41. The molecule has 0 radical (unpaired) electrons. The Bertz CT molecular complexity index is 475. The third kappa shape index (κ3) is 0.976. The maximum Gasteiger partial charge on any atom is 0.310 e. The summed E-state index contributed by atoms with van der Waals surface area (Å²) >= 11 is 0. The van der Waals surface area contributed by atoms with Crippen molar-refractivity contribution in [2.24, 2.45) is 11.8 Å². The number of carboxylic acids is 1. The van der Waals surface area contributed by atoms with Gasteiger partial charge in [-0.15, -0.1) is 0 Å². The standard InChI is InChI=1S/C12H13NO5/c14-9-8-7(10(15)16)6-2-3-12(8,18-6)11-13(9)4-1-5-17-11/h2-3,6-8,11H,1,4-5H2,(H,15,16)/t6-,7-,8+,11+,12+/m0/s1. The Morgan fingerprint density at radius 2 is 2.39 bits per heavy atom. The molecule has 4 heterocycles. The number of hydrogen-bond acceptors (Lipinski definition) is 4. The van der Waals surface area contributed by atoms with Crippen LogP contribution in [0.2, 0.25) is 0 Å². The predicted octanol–water partition coefficient (Wildman–Crippen LogP) is -0.401. The lowest BCUT2D eigenvalue weighted by Gasteiger charge is -2.36. The fraction of sp³-hybridized carbons (Fsp3) is 0.667. The van der Waals surface area contributed by atoms with E-state index in [-0.39, 0.29) is 5.91 Å². The fourth-order valence-corrected chi connectivity index (χ4v) is 3.74. The summed E-state index contributed by atoms with van der Waals surface area (Å²) in [7, 11) is 0. The number of rotatable bonds is 1. The number of carboxylic acid groups (broad SMARTS) is 1. The molecular weight excluding hydrogens is 238 g/mol. The van der Waals surface area contributed by atoms with Gasteiger partial charge in [-0.3, -0.25) is 9.59 Å². The van der Waals surface area contributed by atoms with Crippen molar-refractivity contribution >= 4 is 11.9 Å². The van der Waals surface area contributed by atoms with E-state index in [0.29, 0.717) is 13.2 Å². The summed E-state index contributed by atoms with van der Waals surface area (Å²) in [6.07, 6.45) is 3.42. The van der Waals surface area contributed by atoms with Crippen LogP contribution in [0.25, 0.3) is 0 Å². The van der Waals surface area contributed by atoms with E-state index in [1.165, 1.54) is 0 Å². The van der Waals surface area contributed by atoms with Crippen LogP contribution in [-0.2, 0) is 19.1 Å². The fourth-order valence-electron chi connectivity index (χ4n) is 3.74. The summed E-state index contributed by atoms with van der Waals surface area (Å²) in [6.45, 7) is 1.21. The molecule has 5 atom stereocenters. The zero-order valence-corrected chi connectivity index (χ0v) is 9.61. The average Bonchev–Trinajstić information content (AvgIpc) is 2.99. The quantitative estimate of drug-likeness (QED) is 0.642. The van der Waals surface area contributed by atoms with Gasteiger partial charge in [-0.1, -0.05) is 6.08 Å². The lowest BCUT2D eigenvalue weighted by molar-refractivity contribution is -0.168. The number of amides is 1. The van der Waals surface area contributed by atoms with E-state index in [4.69, 9.17) is 9.47 Å². The molecule has 1 amide bonds. The molecule has 4 aliphatic heterocycles. The first-order valence-corrected chi connectivity index (χ1v) is 6.17. The molecule has 4 rings (SSSR count). The van der Waals surface area contributed by atoms with Crippen molar-refractivity contribution in [2.75, 3.05) is 13.2 Å². The molecule has 3 fully saturated rings. The lowest BCUT2D eigenvalue weighted by atomic mass is 9.76. The third-order valence-electron chi connectivity index (χ3n) is 4.41. The predicted molar refractivity (Wildman–Crippen MR) is 57.4 cm³/mol. The molecular formula is C12H13NO5. The van der Waals surface area contributed by atoms with Gasteiger partial charge >= 0.3 is 5.97 Å². The average molecular weight is 251 g/mol. The molecule has 6 heteroatoms. The Morgan fingerprint density at radius 3 is 3.17 bits per heavy atom. The van der Waals surface area contributed by atoms with Crippen LogP contribution < -0.4 is 0 Å². The molecule has 96 valence electrons. The van der Waals surface area contributed by atoms with E-state index in [2.05, 4.69) is 0 Å². The van der Waals surface area contributed by atoms with E-state index in [1.807, 2.05) is 6.08 Å². The molecule has 0 saturated carbocycles. The van der Waals surface area contributed by atoms with Gasteiger partial charge in [0.05, 0.1) is 18.6 Å². The molecule has 0 aromatic heterocycles. The van der Waals surface area contributed by atoms with Crippen LogP contribution in [0.1, 0.15) is 6.42 Å². The van der Waals surface area contributed by atoms with Crippen LogP contribution in [0, 0.1) is 11.8 Å². The number of hydrogen-bond donors (Lipinski definition) is 1. The summed E-state index contributed by atoms with van der Waals surface area (Å²) in [5.74, 6) is -2.52. The van der Waals surface area contributed by atoms with Crippen molar-refractivity contribution in [1.29, 1.82) is 0 Å². The maximum atomic E-state index is 12.4. The molecule has 0 unspecified atom stereocenters. The van der Waals surface area contributed by atoms with Gasteiger partial charge in [-0.25, -0.2) is 0 Å². The van der Waals surface area contributed by atoms with Crippen LogP contribution in [0.15, 0.2) is 12.2 Å². The zero-order chi connectivity index (χ0) is 12.5. The minimum Gasteiger partial charge on any atom is -0.481 e. The molecule has 4 aliphatic rings. The van der Waals surface area contributed by atoms with Gasteiger partial charge in [0.25, 0.3) is 0 Å². The number of carbonyl (C=O) groups excluding carboxylic acids is 1. The van der Waals surface area contributed by atoms with Gasteiger partial charge in [-0.2, -0.15) is 0 Å². The highest BCUT2D eigenvalue weighted by atomic mass is 16.6. The van der Waals surface area contributed by atoms with Gasteiger partial charge in [0.15, 0.2) is 6.23 Å². The van der Waals surface area contributed by atoms with Crippen molar-refractivity contribution in [3.05, 3.63) is 12.2 Å². The molecule has 1 spiro atoms. The first kappa shape index (κ1) is 10.5. The topological polar surface area (TPSA) is 76.1 Å². The molecule has 18 heavy (non-hydrogen) atoms. The van der Waals surface area contributed by atoms with Crippen LogP contribution >= 0.6 is 0 Å². The highest BCUT2D eigenvalue weighted by molar-refractivity contribution is 5.91. The van der Waals surface area contributed by atoms with Gasteiger partial charge in [0, 0.05) is 6.54 Å². The summed E-state index contributed by atoms with van der Waals surface area (Å²) < 4.78 is 11.5. The number of aliphatic carboxylic acids is 1. The highest BCUT2D eigenvalue weighted by Crippen LogP contribution is 2.55. The van der Waals surface area contributed by atoms with E-state index >= 15 is 0 Å². The lowest BCUT2D eigenvalue weighted by Crippen LogP contribution is -2.49. The van der Waals surface area contributed by atoms with Crippen molar-refractivity contribution in [3.8, 4) is 0 Å². The summed E-state index contributed by atoms with van der Waals surface area (Å²) in [5.41, 5.74) is -0.870. The summed E-state index contributed by atoms with van der Waals surface area (Å²) in [4.78, 5) is 25.4. The molecule has 6 nitrogen and oxygen atoms in total. The normalized spacial score (nSPS) is 48.4. The van der Waals surface area contributed by atoms with E-state index in [9.17, 15) is 14.7 Å². The molecule has 2 bridgehead atoms. The monoisotopic (exact) mass is 251 g/mol. The molecule has 0 aliphatic carbocycles. The second kappa shape index (κ2) is 3.13. The Morgan fingerprint density at radius 1 is 1.56 bits per heavy atom. The van der Waals surface area contributed by atoms with Crippen molar-refractivity contribution < 1.29 is 24.2 Å². The van der Waals surface area contributed by atoms with Gasteiger partial charge in [0.1, 0.15) is 11.5 Å². The van der Waals surface area contributed by atoms with Crippen LogP contribution in [-0.4, -0.2) is 53.0 Å². The highest BCUT2D eigenvalue weighted by Gasteiger charge is 2.72. The number of nitrogens with zero attached hydrogens (tertiary/aromatic N) is 1. The molecule has 3 saturated heterocycles. The number of carbonyl (C=O) groups is 2. The maximum absolute atomic E-state index is 12.4. The SMILES string of the molecule is O=C(O)[C@H]1[C@@H]2C=C[C@@]3(O2)[C@H]1C(=O)N1CCCO[C@@H]13. The van der Waals surface area contributed by atoms with E-state index < -0.39 is 35.7 Å². The molecule has 0 aromatic rings. The minimum absolute atomic E-state index is 0.140. The minimum atomic E-state index is -0.968.